The number of nitrogens with zero attached hydrogens (tertiary/aromatic N) is 3. The Kier molecular flexibility index (Phi) is 5.51. The van der Waals surface area contributed by atoms with Gasteiger partial charge in [0.2, 0.25) is 0 Å². The fourth-order valence-electron chi connectivity index (χ4n) is 3.92. The smallest absolute Gasteiger partial charge is 0.283 e. The molecule has 2 aromatic carbocycles. The summed E-state index contributed by atoms with van der Waals surface area (Å²) >= 11 is 1.40. The summed E-state index contributed by atoms with van der Waals surface area (Å²) in [6.07, 6.45) is 5.59. The van der Waals surface area contributed by atoms with Gasteiger partial charge in [-0.3, -0.25) is 15.1 Å². The Morgan fingerprint density at radius 2 is 1.88 bits per heavy atom. The number of amidine groups is 2. The topological polar surface area (TPSA) is 79.9 Å². The molecule has 2 aliphatic rings. The average molecular weight is 459 g/mol. The summed E-state index contributed by atoms with van der Waals surface area (Å²) in [5.74, 6) is 1.14. The summed E-state index contributed by atoms with van der Waals surface area (Å²) in [5, 5.41) is 10.1. The number of aliphatic imine (C=N–C) groups is 1. The van der Waals surface area contributed by atoms with Crippen LogP contribution in [0.3, 0.4) is 0 Å². The lowest BCUT2D eigenvalue weighted by molar-refractivity contribution is -0.114. The predicted octanol–water partition coefficient (Wildman–Crippen LogP) is 4.90. The highest BCUT2D eigenvalue weighted by Crippen LogP contribution is 2.33. The van der Waals surface area contributed by atoms with E-state index in [4.69, 9.17) is 14.9 Å². The largest absolute Gasteiger partial charge is 0.493 e. The third-order valence-corrected chi connectivity index (χ3v) is 6.37. The van der Waals surface area contributed by atoms with Crippen molar-refractivity contribution in [1.82, 2.24) is 9.47 Å². The van der Waals surface area contributed by atoms with Gasteiger partial charge >= 0.3 is 0 Å². The molecule has 0 fully saturated rings. The Morgan fingerprint density at radius 3 is 2.70 bits per heavy atom. The number of carbonyl (C=O) groups is 1. The van der Waals surface area contributed by atoms with Gasteiger partial charge in [-0.1, -0.05) is 42.1 Å². The Bertz CT molecular complexity index is 1370. The SMILES string of the molecule is COc1ccccc1OCCn1cc(/C=C2/C(=N)N3C=C(C)SC3=NC2=O)c2ccccc21. The summed E-state index contributed by atoms with van der Waals surface area (Å²) in [5.41, 5.74) is 2.17. The molecule has 33 heavy (non-hydrogen) atoms. The van der Waals surface area contributed by atoms with Crippen molar-refractivity contribution in [2.75, 3.05) is 13.7 Å². The maximum absolute atomic E-state index is 12.7. The van der Waals surface area contributed by atoms with Crippen LogP contribution in [0.2, 0.25) is 0 Å². The minimum absolute atomic E-state index is 0.144. The van der Waals surface area contributed by atoms with Gasteiger partial charge in [0, 0.05) is 33.8 Å². The zero-order chi connectivity index (χ0) is 22.9. The van der Waals surface area contributed by atoms with Crippen LogP contribution in [-0.2, 0) is 11.3 Å². The molecule has 3 aromatic rings. The summed E-state index contributed by atoms with van der Waals surface area (Å²) in [7, 11) is 1.62. The van der Waals surface area contributed by atoms with E-state index in [9.17, 15) is 4.79 Å². The number of fused-ring (bicyclic) bond motifs is 2. The minimum Gasteiger partial charge on any atom is -0.493 e. The number of ether oxygens (including phenoxy) is 2. The molecule has 0 spiro atoms. The van der Waals surface area contributed by atoms with Gasteiger partial charge in [0.05, 0.1) is 19.2 Å². The van der Waals surface area contributed by atoms with Crippen LogP contribution in [-0.4, -0.2) is 40.1 Å². The first kappa shape index (κ1) is 21.1. The van der Waals surface area contributed by atoms with Gasteiger partial charge in [0.25, 0.3) is 5.91 Å². The van der Waals surface area contributed by atoms with Gasteiger partial charge in [-0.2, -0.15) is 4.99 Å². The van der Waals surface area contributed by atoms with Gasteiger partial charge in [0.15, 0.2) is 16.7 Å². The Labute approximate surface area is 195 Å². The van der Waals surface area contributed by atoms with Gasteiger partial charge in [-0.15, -0.1) is 0 Å². The molecule has 0 bridgehead atoms. The standard InChI is InChI=1S/C25H22N4O3S/c1-16-14-29-23(26)19(24(30)27-25(29)33-16)13-17-15-28(20-8-4-3-7-18(17)20)11-12-32-22-10-6-5-9-21(22)31-2/h3-10,13-15,26H,11-12H2,1-2H3/b19-13-,26-23?. The molecule has 166 valence electrons. The molecule has 0 saturated heterocycles. The summed E-state index contributed by atoms with van der Waals surface area (Å²) in [4.78, 5) is 19.5. The highest BCUT2D eigenvalue weighted by Gasteiger charge is 2.33. The molecule has 0 atom stereocenters. The van der Waals surface area contributed by atoms with E-state index < -0.39 is 5.91 Å². The van der Waals surface area contributed by atoms with Gasteiger partial charge < -0.3 is 14.0 Å². The lowest BCUT2D eigenvalue weighted by Gasteiger charge is -2.22. The molecule has 7 nitrogen and oxygen atoms in total. The van der Waals surface area contributed by atoms with Crippen LogP contribution in [0.25, 0.3) is 17.0 Å². The van der Waals surface area contributed by atoms with Gasteiger partial charge in [-0.05, 0) is 31.2 Å². The normalized spacial score (nSPS) is 16.8. The zero-order valence-electron chi connectivity index (χ0n) is 18.2. The molecule has 1 amide bonds. The van der Waals surface area contributed by atoms with E-state index in [-0.39, 0.29) is 11.4 Å². The van der Waals surface area contributed by atoms with Crippen molar-refractivity contribution < 1.29 is 14.3 Å². The monoisotopic (exact) mass is 458 g/mol. The number of benzene rings is 2. The third-order valence-electron chi connectivity index (χ3n) is 5.47. The number of thioether (sulfide) groups is 1. The quantitative estimate of drug-likeness (QED) is 0.532. The molecular weight excluding hydrogens is 436 g/mol. The number of hydrogen-bond acceptors (Lipinski definition) is 5. The number of amides is 1. The molecule has 2 aliphatic heterocycles. The first-order chi connectivity index (χ1) is 16.0. The molecule has 1 aromatic heterocycles. The van der Waals surface area contributed by atoms with Crippen molar-refractivity contribution in [3.05, 3.63) is 77.0 Å². The first-order valence-electron chi connectivity index (χ1n) is 10.5. The van der Waals surface area contributed by atoms with E-state index in [1.54, 1.807) is 18.1 Å². The zero-order valence-corrected chi connectivity index (χ0v) is 19.1. The number of allylic oxidation sites excluding steroid dienone is 1. The first-order valence-corrected chi connectivity index (χ1v) is 11.3. The lowest BCUT2D eigenvalue weighted by atomic mass is 10.1. The fraction of sp³-hybridized carbons (Fsp3) is 0.160. The number of hydrogen-bond donors (Lipinski definition) is 1. The van der Waals surface area contributed by atoms with Crippen LogP contribution in [0.5, 0.6) is 11.5 Å². The molecule has 0 unspecified atom stereocenters. The maximum atomic E-state index is 12.7. The van der Waals surface area contributed by atoms with E-state index >= 15 is 0 Å². The number of aromatic nitrogens is 1. The second-order valence-electron chi connectivity index (χ2n) is 7.61. The molecule has 1 N–H and O–H groups in total. The Hall–Kier alpha value is -3.78. The van der Waals surface area contributed by atoms with Crippen LogP contribution in [0.15, 0.2) is 76.4 Å². The van der Waals surface area contributed by atoms with E-state index in [0.29, 0.717) is 29.8 Å². The van der Waals surface area contributed by atoms with Crippen molar-refractivity contribution >= 4 is 45.7 Å². The third kappa shape index (κ3) is 3.93. The lowest BCUT2D eigenvalue weighted by Crippen LogP contribution is -2.35. The average Bonchev–Trinajstić information content (AvgIpc) is 3.37. The summed E-state index contributed by atoms with van der Waals surface area (Å²) in [6, 6.07) is 15.6. The number of rotatable bonds is 6. The molecule has 0 saturated carbocycles. The van der Waals surface area contributed by atoms with Crippen LogP contribution < -0.4 is 9.47 Å². The van der Waals surface area contributed by atoms with Crippen molar-refractivity contribution in [3.8, 4) is 11.5 Å². The van der Waals surface area contributed by atoms with Crippen LogP contribution in [0.1, 0.15) is 12.5 Å². The van der Waals surface area contributed by atoms with E-state index in [2.05, 4.69) is 9.56 Å². The summed E-state index contributed by atoms with van der Waals surface area (Å²) in [6.45, 7) is 3.00. The van der Waals surface area contributed by atoms with Crippen molar-refractivity contribution in [2.24, 2.45) is 4.99 Å². The highest BCUT2D eigenvalue weighted by molar-refractivity contribution is 8.17. The van der Waals surface area contributed by atoms with E-state index in [1.807, 2.05) is 67.9 Å². The van der Waals surface area contributed by atoms with Gasteiger partial charge in [0.1, 0.15) is 12.4 Å². The molecule has 0 aliphatic carbocycles. The molecule has 8 heteroatoms. The molecular formula is C25H22N4O3S. The van der Waals surface area contributed by atoms with Crippen LogP contribution >= 0.6 is 11.8 Å². The Morgan fingerprint density at radius 1 is 1.12 bits per heavy atom. The van der Waals surface area contributed by atoms with Crippen molar-refractivity contribution in [1.29, 1.82) is 5.41 Å². The predicted molar refractivity (Wildman–Crippen MR) is 132 cm³/mol. The van der Waals surface area contributed by atoms with Gasteiger partial charge in [-0.25, -0.2) is 0 Å². The van der Waals surface area contributed by atoms with E-state index in [0.717, 1.165) is 21.4 Å². The molecule has 3 heterocycles. The second kappa shape index (κ2) is 8.63. The number of carbonyl (C=O) groups excluding carboxylic acids is 1. The summed E-state index contributed by atoms with van der Waals surface area (Å²) < 4.78 is 13.4. The minimum atomic E-state index is -0.391. The Balaban J connectivity index is 1.43. The number of nitrogens with one attached hydrogen (secondary N) is 1. The molecule has 0 radical (unpaired) electrons. The van der Waals surface area contributed by atoms with Crippen molar-refractivity contribution in [3.63, 3.8) is 0 Å². The number of methoxy groups -OCH3 is 1. The number of para-hydroxylation sites is 3. The van der Waals surface area contributed by atoms with Crippen molar-refractivity contribution in [2.45, 2.75) is 13.5 Å². The second-order valence-corrected chi connectivity index (χ2v) is 8.83. The fourth-order valence-corrected chi connectivity index (χ4v) is 4.74. The molecule has 5 rings (SSSR count). The van der Waals surface area contributed by atoms with E-state index in [1.165, 1.54) is 11.8 Å². The maximum Gasteiger partial charge on any atom is 0.283 e. The van der Waals surface area contributed by atoms with Crippen LogP contribution in [0.4, 0.5) is 0 Å². The van der Waals surface area contributed by atoms with Crippen LogP contribution in [0, 0.1) is 5.41 Å². The highest BCUT2D eigenvalue weighted by atomic mass is 32.2.